The van der Waals surface area contributed by atoms with E-state index in [1.165, 1.54) is 43.5 Å². The predicted molar refractivity (Wildman–Crippen MR) is 97.7 cm³/mol. The monoisotopic (exact) mass is 376 g/mol. The van der Waals surface area contributed by atoms with Crippen LogP contribution in [-0.2, 0) is 14.8 Å². The van der Waals surface area contributed by atoms with Crippen molar-refractivity contribution >= 4 is 27.6 Å². The molecule has 8 heteroatoms. The molecular weight excluding hydrogens is 356 g/mol. The molecule has 26 heavy (non-hydrogen) atoms. The van der Waals surface area contributed by atoms with Crippen LogP contribution in [0, 0.1) is 0 Å². The van der Waals surface area contributed by atoms with Crippen molar-refractivity contribution in [1.29, 1.82) is 0 Å². The summed E-state index contributed by atoms with van der Waals surface area (Å²) in [6.45, 7) is 2.41. The summed E-state index contributed by atoms with van der Waals surface area (Å²) in [5.41, 5.74) is 0.488. The lowest BCUT2D eigenvalue weighted by Gasteiger charge is -2.13. The number of rotatable bonds is 7. The molecule has 0 aliphatic carbocycles. The minimum Gasteiger partial charge on any atom is -0.465 e. The van der Waals surface area contributed by atoms with Crippen LogP contribution in [0.25, 0.3) is 0 Å². The third kappa shape index (κ3) is 4.60. The highest BCUT2D eigenvalue weighted by Gasteiger charge is 2.20. The van der Waals surface area contributed by atoms with Crippen LogP contribution in [0.15, 0.2) is 53.4 Å². The summed E-state index contributed by atoms with van der Waals surface area (Å²) < 4.78 is 32.3. The summed E-state index contributed by atoms with van der Waals surface area (Å²) >= 11 is 0. The van der Waals surface area contributed by atoms with Crippen molar-refractivity contribution in [3.63, 3.8) is 0 Å². The van der Waals surface area contributed by atoms with Crippen molar-refractivity contribution in [2.75, 3.05) is 18.4 Å². The van der Waals surface area contributed by atoms with E-state index in [1.54, 1.807) is 12.1 Å². The number of hydrogen-bond acceptors (Lipinski definition) is 5. The van der Waals surface area contributed by atoms with E-state index < -0.39 is 16.0 Å². The first-order valence-corrected chi connectivity index (χ1v) is 9.45. The molecule has 2 rings (SSSR count). The van der Waals surface area contributed by atoms with Crippen LogP contribution < -0.4 is 10.0 Å². The molecule has 0 saturated heterocycles. The first-order valence-electron chi connectivity index (χ1n) is 7.97. The van der Waals surface area contributed by atoms with E-state index in [-0.39, 0.29) is 27.6 Å². The van der Waals surface area contributed by atoms with Crippen molar-refractivity contribution in [2.45, 2.75) is 18.2 Å². The zero-order chi connectivity index (χ0) is 19.2. The Morgan fingerprint density at radius 3 is 2.50 bits per heavy atom. The van der Waals surface area contributed by atoms with E-state index in [0.717, 1.165) is 6.42 Å². The fraction of sp³-hybridized carbons (Fsp3) is 0.222. The second kappa shape index (κ2) is 8.48. The topological polar surface area (TPSA) is 102 Å². The third-order valence-electron chi connectivity index (χ3n) is 3.52. The maximum absolute atomic E-state index is 12.7. The summed E-state index contributed by atoms with van der Waals surface area (Å²) in [6, 6.07) is 11.8. The van der Waals surface area contributed by atoms with Gasteiger partial charge in [-0.1, -0.05) is 25.1 Å². The average Bonchev–Trinajstić information content (AvgIpc) is 2.65. The molecule has 0 saturated carbocycles. The van der Waals surface area contributed by atoms with Gasteiger partial charge in [0.15, 0.2) is 0 Å². The maximum Gasteiger partial charge on any atom is 0.337 e. The molecule has 0 heterocycles. The van der Waals surface area contributed by atoms with E-state index in [0.29, 0.717) is 6.54 Å². The minimum absolute atomic E-state index is 0.107. The SMILES string of the molecule is CCCNC(=O)c1ccccc1NS(=O)(=O)c1cccc(C(=O)OC)c1. The molecule has 0 aliphatic rings. The van der Waals surface area contributed by atoms with Gasteiger partial charge in [-0.15, -0.1) is 0 Å². The molecule has 138 valence electrons. The van der Waals surface area contributed by atoms with Gasteiger partial charge < -0.3 is 10.1 Å². The van der Waals surface area contributed by atoms with Crippen LogP contribution in [0.4, 0.5) is 5.69 Å². The Morgan fingerprint density at radius 2 is 1.81 bits per heavy atom. The highest BCUT2D eigenvalue weighted by Crippen LogP contribution is 2.21. The first kappa shape index (κ1) is 19.5. The highest BCUT2D eigenvalue weighted by atomic mass is 32.2. The summed E-state index contributed by atoms with van der Waals surface area (Å²) in [5, 5.41) is 2.71. The van der Waals surface area contributed by atoms with Gasteiger partial charge >= 0.3 is 5.97 Å². The number of ether oxygens (including phenoxy) is 1. The molecule has 2 N–H and O–H groups in total. The Balaban J connectivity index is 2.33. The molecule has 2 aromatic rings. The Hall–Kier alpha value is -2.87. The summed E-state index contributed by atoms with van der Waals surface area (Å²) in [7, 11) is -2.78. The molecular formula is C18H20N2O5S. The summed E-state index contributed by atoms with van der Waals surface area (Å²) in [6.07, 6.45) is 0.764. The molecule has 0 unspecified atom stereocenters. The van der Waals surface area contributed by atoms with Crippen LogP contribution in [-0.4, -0.2) is 33.9 Å². The second-order valence-corrected chi connectivity index (χ2v) is 7.11. The number of sulfonamides is 1. The zero-order valence-electron chi connectivity index (χ0n) is 14.5. The molecule has 0 spiro atoms. The van der Waals surface area contributed by atoms with Gasteiger partial charge in [0.25, 0.3) is 15.9 Å². The summed E-state index contributed by atoms with van der Waals surface area (Å²) in [4.78, 5) is 23.7. The normalized spacial score (nSPS) is 10.8. The Kier molecular flexibility index (Phi) is 6.35. The third-order valence-corrected chi connectivity index (χ3v) is 4.88. The minimum atomic E-state index is -3.99. The Morgan fingerprint density at radius 1 is 1.08 bits per heavy atom. The first-order chi connectivity index (χ1) is 12.4. The standard InChI is InChI=1S/C18H20N2O5S/c1-3-11-19-17(21)15-9-4-5-10-16(15)20-26(23,24)14-8-6-7-13(12-14)18(22)25-2/h4-10,12,20H,3,11H2,1-2H3,(H,19,21). The van der Waals surface area contributed by atoms with E-state index in [4.69, 9.17) is 0 Å². The van der Waals surface area contributed by atoms with Crippen LogP contribution in [0.1, 0.15) is 34.1 Å². The van der Waals surface area contributed by atoms with Gasteiger partial charge in [-0.05, 0) is 36.8 Å². The van der Waals surface area contributed by atoms with E-state index in [2.05, 4.69) is 14.8 Å². The van der Waals surface area contributed by atoms with Crippen LogP contribution >= 0.6 is 0 Å². The van der Waals surface area contributed by atoms with Gasteiger partial charge in [0, 0.05) is 6.54 Å². The molecule has 0 atom stereocenters. The molecule has 2 aromatic carbocycles. The smallest absolute Gasteiger partial charge is 0.337 e. The van der Waals surface area contributed by atoms with E-state index >= 15 is 0 Å². The number of anilines is 1. The summed E-state index contributed by atoms with van der Waals surface area (Å²) in [5.74, 6) is -1.00. The van der Waals surface area contributed by atoms with Gasteiger partial charge in [0.1, 0.15) is 0 Å². The van der Waals surface area contributed by atoms with Gasteiger partial charge in [-0.25, -0.2) is 13.2 Å². The number of amides is 1. The largest absolute Gasteiger partial charge is 0.465 e. The molecule has 0 fully saturated rings. The quantitative estimate of drug-likeness (QED) is 0.723. The number of methoxy groups -OCH3 is 1. The van der Waals surface area contributed by atoms with Gasteiger partial charge in [0.05, 0.1) is 28.8 Å². The number of benzene rings is 2. The lowest BCUT2D eigenvalue weighted by Crippen LogP contribution is -2.25. The Labute approximate surface area is 152 Å². The van der Waals surface area contributed by atoms with Crippen molar-refractivity contribution in [1.82, 2.24) is 5.32 Å². The number of nitrogens with one attached hydrogen (secondary N) is 2. The number of esters is 1. The predicted octanol–water partition coefficient (Wildman–Crippen LogP) is 2.41. The number of carbonyl (C=O) groups excluding carboxylic acids is 2. The van der Waals surface area contributed by atoms with Gasteiger partial charge in [-0.2, -0.15) is 0 Å². The van der Waals surface area contributed by atoms with Crippen LogP contribution in [0.5, 0.6) is 0 Å². The van der Waals surface area contributed by atoms with Crippen LogP contribution in [0.3, 0.4) is 0 Å². The average molecular weight is 376 g/mol. The van der Waals surface area contributed by atoms with Crippen molar-refractivity contribution in [2.24, 2.45) is 0 Å². The Bertz CT molecular complexity index is 909. The van der Waals surface area contributed by atoms with Crippen molar-refractivity contribution < 1.29 is 22.7 Å². The van der Waals surface area contributed by atoms with E-state index in [1.807, 2.05) is 6.92 Å². The highest BCUT2D eigenvalue weighted by molar-refractivity contribution is 7.92. The number of carbonyl (C=O) groups is 2. The number of para-hydroxylation sites is 1. The zero-order valence-corrected chi connectivity index (χ0v) is 15.3. The fourth-order valence-electron chi connectivity index (χ4n) is 2.22. The second-order valence-electron chi connectivity index (χ2n) is 5.43. The van der Waals surface area contributed by atoms with Crippen molar-refractivity contribution in [3.05, 3.63) is 59.7 Å². The molecule has 1 amide bonds. The lowest BCUT2D eigenvalue weighted by atomic mass is 10.1. The molecule has 0 radical (unpaired) electrons. The van der Waals surface area contributed by atoms with E-state index in [9.17, 15) is 18.0 Å². The van der Waals surface area contributed by atoms with Crippen molar-refractivity contribution in [3.8, 4) is 0 Å². The molecule has 0 bridgehead atoms. The van der Waals surface area contributed by atoms with Crippen LogP contribution in [0.2, 0.25) is 0 Å². The van der Waals surface area contributed by atoms with Gasteiger partial charge in [0.2, 0.25) is 0 Å². The van der Waals surface area contributed by atoms with Gasteiger partial charge in [-0.3, -0.25) is 9.52 Å². The maximum atomic E-state index is 12.7. The number of hydrogen-bond donors (Lipinski definition) is 2. The fourth-order valence-corrected chi connectivity index (χ4v) is 3.34. The molecule has 0 aliphatic heterocycles. The molecule has 7 nitrogen and oxygen atoms in total. The molecule has 0 aromatic heterocycles. The lowest BCUT2D eigenvalue weighted by molar-refractivity contribution is 0.0600.